The van der Waals surface area contributed by atoms with Crippen molar-refractivity contribution in [3.8, 4) is 0 Å². The molecule has 118 valence electrons. The van der Waals surface area contributed by atoms with Crippen LogP contribution in [-0.4, -0.2) is 28.6 Å². The number of thiazole rings is 1. The van der Waals surface area contributed by atoms with E-state index in [1.165, 1.54) is 11.8 Å². The number of thioether (sulfide) groups is 1. The van der Waals surface area contributed by atoms with E-state index < -0.39 is 0 Å². The van der Waals surface area contributed by atoms with Crippen LogP contribution in [0.15, 0.2) is 53.4 Å². The van der Waals surface area contributed by atoms with Crippen molar-refractivity contribution in [3.05, 3.63) is 58.6 Å². The standard InChI is InChI=1S/C17H15ClN2OS2/c1-20(10-16-19-14-4-2-3-5-15(14)23-16)17(21)11-22-13-8-6-12(18)7-9-13/h2-9H,10-11H2,1H3. The van der Waals surface area contributed by atoms with Crippen molar-refractivity contribution in [2.24, 2.45) is 0 Å². The minimum Gasteiger partial charge on any atom is -0.338 e. The van der Waals surface area contributed by atoms with Gasteiger partial charge in [0.2, 0.25) is 5.91 Å². The van der Waals surface area contributed by atoms with E-state index in [4.69, 9.17) is 11.6 Å². The molecule has 1 heterocycles. The fourth-order valence-electron chi connectivity index (χ4n) is 2.06. The monoisotopic (exact) mass is 362 g/mol. The number of hydrogen-bond acceptors (Lipinski definition) is 4. The number of carbonyl (C=O) groups is 1. The maximum Gasteiger partial charge on any atom is 0.233 e. The van der Waals surface area contributed by atoms with Gasteiger partial charge in [0.05, 0.1) is 22.5 Å². The van der Waals surface area contributed by atoms with Gasteiger partial charge in [-0.3, -0.25) is 4.79 Å². The molecule has 23 heavy (non-hydrogen) atoms. The third-order valence-electron chi connectivity index (χ3n) is 3.31. The first-order valence-corrected chi connectivity index (χ1v) is 9.26. The Kier molecular flexibility index (Phi) is 5.20. The molecule has 0 fully saturated rings. The van der Waals surface area contributed by atoms with Gasteiger partial charge < -0.3 is 4.90 Å². The summed E-state index contributed by atoms with van der Waals surface area (Å²) in [6.45, 7) is 0.541. The van der Waals surface area contributed by atoms with Gasteiger partial charge in [0, 0.05) is 17.0 Å². The molecule has 0 radical (unpaired) electrons. The Labute approximate surface area is 148 Å². The van der Waals surface area contributed by atoms with Crippen LogP contribution in [0, 0.1) is 0 Å². The quantitative estimate of drug-likeness (QED) is 0.617. The number of aromatic nitrogens is 1. The number of para-hydroxylation sites is 1. The third-order valence-corrected chi connectivity index (χ3v) is 5.58. The lowest BCUT2D eigenvalue weighted by Gasteiger charge is -2.15. The number of fused-ring (bicyclic) bond motifs is 1. The molecule has 3 rings (SSSR count). The normalized spacial score (nSPS) is 10.9. The lowest BCUT2D eigenvalue weighted by molar-refractivity contribution is -0.127. The van der Waals surface area contributed by atoms with Gasteiger partial charge in [0.1, 0.15) is 5.01 Å². The number of rotatable bonds is 5. The summed E-state index contributed by atoms with van der Waals surface area (Å²) in [5, 5.41) is 1.66. The zero-order chi connectivity index (χ0) is 16.2. The summed E-state index contributed by atoms with van der Waals surface area (Å²) in [6, 6.07) is 15.5. The second-order valence-corrected chi connectivity index (χ2v) is 7.67. The first kappa shape index (κ1) is 16.3. The molecule has 0 saturated heterocycles. The summed E-state index contributed by atoms with van der Waals surface area (Å²) >= 11 is 9.01. The van der Waals surface area contributed by atoms with Crippen LogP contribution in [0.5, 0.6) is 0 Å². The molecule has 0 saturated carbocycles. The molecule has 6 heteroatoms. The van der Waals surface area contributed by atoms with Crippen LogP contribution < -0.4 is 0 Å². The molecule has 1 aromatic heterocycles. The SMILES string of the molecule is CN(Cc1nc2ccccc2s1)C(=O)CSc1ccc(Cl)cc1. The second-order valence-electron chi connectivity index (χ2n) is 5.07. The molecular formula is C17H15ClN2OS2. The third kappa shape index (κ3) is 4.25. The van der Waals surface area contributed by atoms with Crippen LogP contribution >= 0.6 is 34.7 Å². The van der Waals surface area contributed by atoms with Crippen LogP contribution in [-0.2, 0) is 11.3 Å². The summed E-state index contributed by atoms with van der Waals surface area (Å²) in [6.07, 6.45) is 0. The smallest absolute Gasteiger partial charge is 0.233 e. The largest absolute Gasteiger partial charge is 0.338 e. The highest BCUT2D eigenvalue weighted by molar-refractivity contribution is 8.00. The molecule has 0 N–H and O–H groups in total. The Morgan fingerprint density at radius 3 is 2.70 bits per heavy atom. The number of amides is 1. The summed E-state index contributed by atoms with van der Waals surface area (Å²) in [5.74, 6) is 0.493. The minimum atomic E-state index is 0.0872. The van der Waals surface area contributed by atoms with Gasteiger partial charge in [0.15, 0.2) is 0 Å². The van der Waals surface area contributed by atoms with Crippen LogP contribution in [0.1, 0.15) is 5.01 Å². The van der Waals surface area contributed by atoms with E-state index in [0.29, 0.717) is 17.3 Å². The number of carbonyl (C=O) groups excluding carboxylic acids is 1. The summed E-state index contributed by atoms with van der Waals surface area (Å²) in [7, 11) is 1.82. The highest BCUT2D eigenvalue weighted by Crippen LogP contribution is 2.23. The molecule has 3 aromatic rings. The van der Waals surface area contributed by atoms with Gasteiger partial charge in [-0.2, -0.15) is 0 Å². The number of nitrogens with zero attached hydrogens (tertiary/aromatic N) is 2. The van der Waals surface area contributed by atoms with Gasteiger partial charge in [-0.1, -0.05) is 23.7 Å². The molecule has 0 unspecified atom stereocenters. The van der Waals surface area contributed by atoms with Crippen molar-refractivity contribution in [2.75, 3.05) is 12.8 Å². The lowest BCUT2D eigenvalue weighted by Crippen LogP contribution is -2.27. The fourth-order valence-corrected chi connectivity index (χ4v) is 4.05. The van der Waals surface area contributed by atoms with Gasteiger partial charge in [0.25, 0.3) is 0 Å². The topological polar surface area (TPSA) is 33.2 Å². The van der Waals surface area contributed by atoms with Crippen LogP contribution in [0.4, 0.5) is 0 Å². The maximum absolute atomic E-state index is 12.3. The Morgan fingerprint density at radius 1 is 1.22 bits per heavy atom. The average Bonchev–Trinajstić information content (AvgIpc) is 2.96. The van der Waals surface area contributed by atoms with E-state index in [9.17, 15) is 4.79 Å². The zero-order valence-electron chi connectivity index (χ0n) is 12.5. The average molecular weight is 363 g/mol. The van der Waals surface area contributed by atoms with E-state index in [2.05, 4.69) is 11.1 Å². The van der Waals surface area contributed by atoms with Gasteiger partial charge in [-0.25, -0.2) is 4.98 Å². The Hall–Kier alpha value is -1.56. The molecule has 0 aliphatic carbocycles. The Morgan fingerprint density at radius 2 is 1.96 bits per heavy atom. The summed E-state index contributed by atoms with van der Waals surface area (Å²) < 4.78 is 1.15. The van der Waals surface area contributed by atoms with Gasteiger partial charge in [-0.05, 0) is 36.4 Å². The molecule has 0 spiro atoms. The van der Waals surface area contributed by atoms with E-state index in [1.54, 1.807) is 16.2 Å². The summed E-state index contributed by atoms with van der Waals surface area (Å²) in [4.78, 5) is 19.6. The van der Waals surface area contributed by atoms with E-state index in [0.717, 1.165) is 20.1 Å². The van der Waals surface area contributed by atoms with Crippen LogP contribution in [0.3, 0.4) is 0 Å². The van der Waals surface area contributed by atoms with Gasteiger partial charge >= 0.3 is 0 Å². The molecule has 0 atom stereocenters. The predicted octanol–water partition coefficient (Wildman–Crippen LogP) is 4.70. The Bertz CT molecular complexity index is 784. The first-order chi connectivity index (χ1) is 11.1. The van der Waals surface area contributed by atoms with Gasteiger partial charge in [-0.15, -0.1) is 23.1 Å². The lowest BCUT2D eigenvalue weighted by atomic mass is 10.3. The zero-order valence-corrected chi connectivity index (χ0v) is 14.9. The van der Waals surface area contributed by atoms with Crippen molar-refractivity contribution in [1.29, 1.82) is 0 Å². The predicted molar refractivity (Wildman–Crippen MR) is 98.3 cm³/mol. The maximum atomic E-state index is 12.3. The van der Waals surface area contributed by atoms with Crippen molar-refractivity contribution < 1.29 is 4.79 Å². The van der Waals surface area contributed by atoms with E-state index in [-0.39, 0.29) is 5.91 Å². The molecule has 0 aliphatic heterocycles. The second kappa shape index (κ2) is 7.34. The molecule has 1 amide bonds. The fraction of sp³-hybridized carbons (Fsp3) is 0.176. The van der Waals surface area contributed by atoms with Crippen LogP contribution in [0.25, 0.3) is 10.2 Å². The first-order valence-electron chi connectivity index (χ1n) is 7.08. The highest BCUT2D eigenvalue weighted by atomic mass is 35.5. The number of hydrogen-bond donors (Lipinski definition) is 0. The van der Waals surface area contributed by atoms with E-state index in [1.807, 2.05) is 49.5 Å². The minimum absolute atomic E-state index is 0.0872. The highest BCUT2D eigenvalue weighted by Gasteiger charge is 2.12. The number of benzene rings is 2. The van der Waals surface area contributed by atoms with Crippen molar-refractivity contribution in [1.82, 2.24) is 9.88 Å². The van der Waals surface area contributed by atoms with Crippen LogP contribution in [0.2, 0.25) is 5.02 Å². The molecule has 0 bridgehead atoms. The Balaban J connectivity index is 1.57. The molecule has 0 aliphatic rings. The number of halogens is 1. The van der Waals surface area contributed by atoms with E-state index >= 15 is 0 Å². The molecular weight excluding hydrogens is 348 g/mol. The van der Waals surface area contributed by atoms with Crippen molar-refractivity contribution in [3.63, 3.8) is 0 Å². The summed E-state index contributed by atoms with van der Waals surface area (Å²) in [5.41, 5.74) is 0.990. The molecule has 3 nitrogen and oxygen atoms in total. The van der Waals surface area contributed by atoms with Crippen molar-refractivity contribution in [2.45, 2.75) is 11.4 Å². The molecule has 2 aromatic carbocycles. The van der Waals surface area contributed by atoms with Crippen molar-refractivity contribution >= 4 is 50.8 Å².